The fraction of sp³-hybridized carbons (Fsp3) is 0.588. The van der Waals surface area contributed by atoms with Crippen LogP contribution in [0.5, 0.6) is 0 Å². The molecule has 0 aliphatic carbocycles. The largest absolute Gasteiger partial charge is 0.377 e. The van der Waals surface area contributed by atoms with Crippen LogP contribution in [-0.4, -0.2) is 53.0 Å². The van der Waals surface area contributed by atoms with Gasteiger partial charge >= 0.3 is 0 Å². The van der Waals surface area contributed by atoms with Crippen LogP contribution in [0, 0.1) is 5.82 Å². The molecule has 2 rings (SSSR count). The van der Waals surface area contributed by atoms with Crippen LogP contribution in [0.2, 0.25) is 0 Å². The van der Waals surface area contributed by atoms with E-state index in [0.29, 0.717) is 24.7 Å². The summed E-state index contributed by atoms with van der Waals surface area (Å²) in [6, 6.07) is 6.45. The fourth-order valence-electron chi connectivity index (χ4n) is 2.61. The minimum Gasteiger partial charge on any atom is -0.377 e. The van der Waals surface area contributed by atoms with Crippen LogP contribution in [0.4, 0.5) is 4.39 Å². The third kappa shape index (κ3) is 7.27. The fourth-order valence-corrected chi connectivity index (χ4v) is 3.56. The molecule has 1 aliphatic rings. The van der Waals surface area contributed by atoms with Crippen molar-refractivity contribution in [3.63, 3.8) is 0 Å². The highest BCUT2D eigenvalue weighted by molar-refractivity contribution is 7.89. The molecule has 9 heteroatoms. The number of sulfonamides is 1. The lowest BCUT2D eigenvalue weighted by Gasteiger charge is -2.22. The standard InChI is InChI=1S/C17H27FN4O3S/c1-19-17(21-12-14-6-2-3-8-16(14)18)20-9-11-26(23,24)22-13-15-7-4-5-10-25-15/h2-3,6,8,15,22H,4-5,7,9-13H2,1H3,(H2,19,20,21). The van der Waals surface area contributed by atoms with Crippen molar-refractivity contribution in [3.8, 4) is 0 Å². The molecular weight excluding hydrogens is 359 g/mol. The molecule has 0 spiro atoms. The number of ether oxygens (including phenoxy) is 1. The van der Waals surface area contributed by atoms with Crippen LogP contribution in [-0.2, 0) is 21.3 Å². The molecule has 1 aliphatic heterocycles. The monoisotopic (exact) mass is 386 g/mol. The summed E-state index contributed by atoms with van der Waals surface area (Å²) in [7, 11) is -1.82. The van der Waals surface area contributed by atoms with Crippen LogP contribution < -0.4 is 15.4 Å². The number of nitrogens with zero attached hydrogens (tertiary/aromatic N) is 1. The quantitative estimate of drug-likeness (QED) is 0.458. The first-order chi connectivity index (χ1) is 12.5. The summed E-state index contributed by atoms with van der Waals surface area (Å²) in [6.45, 7) is 1.45. The Kier molecular flexibility index (Phi) is 8.27. The van der Waals surface area contributed by atoms with Crippen molar-refractivity contribution < 1.29 is 17.5 Å². The number of hydrogen-bond acceptors (Lipinski definition) is 4. The number of benzene rings is 1. The van der Waals surface area contributed by atoms with Crippen molar-refractivity contribution in [3.05, 3.63) is 35.6 Å². The van der Waals surface area contributed by atoms with E-state index in [1.54, 1.807) is 25.2 Å². The highest BCUT2D eigenvalue weighted by atomic mass is 32.2. The molecule has 146 valence electrons. The molecule has 1 aromatic carbocycles. The molecular formula is C17H27FN4O3S. The van der Waals surface area contributed by atoms with Gasteiger partial charge in [-0.1, -0.05) is 18.2 Å². The number of aliphatic imine (C=N–C) groups is 1. The Hall–Kier alpha value is -1.71. The number of hydrogen-bond donors (Lipinski definition) is 3. The third-order valence-corrected chi connectivity index (χ3v) is 5.44. The first kappa shape index (κ1) is 20.6. The van der Waals surface area contributed by atoms with Crippen molar-refractivity contribution in [2.24, 2.45) is 4.99 Å². The summed E-state index contributed by atoms with van der Waals surface area (Å²) >= 11 is 0. The Morgan fingerprint density at radius 3 is 2.81 bits per heavy atom. The van der Waals surface area contributed by atoms with Gasteiger partial charge in [-0.2, -0.15) is 0 Å². The van der Waals surface area contributed by atoms with Gasteiger partial charge in [-0.15, -0.1) is 0 Å². The van der Waals surface area contributed by atoms with Crippen LogP contribution in [0.15, 0.2) is 29.3 Å². The van der Waals surface area contributed by atoms with Crippen molar-refractivity contribution in [2.75, 3.05) is 32.5 Å². The van der Waals surface area contributed by atoms with Gasteiger partial charge in [0.15, 0.2) is 5.96 Å². The van der Waals surface area contributed by atoms with Crippen molar-refractivity contribution in [1.82, 2.24) is 15.4 Å². The molecule has 0 radical (unpaired) electrons. The molecule has 1 aromatic rings. The Balaban J connectivity index is 1.69. The predicted octanol–water partition coefficient (Wildman–Crippen LogP) is 0.979. The van der Waals surface area contributed by atoms with Crippen LogP contribution >= 0.6 is 0 Å². The van der Waals surface area contributed by atoms with Gasteiger partial charge in [-0.3, -0.25) is 4.99 Å². The van der Waals surface area contributed by atoms with Gasteiger partial charge in [0.1, 0.15) is 5.82 Å². The Morgan fingerprint density at radius 2 is 2.12 bits per heavy atom. The second-order valence-electron chi connectivity index (χ2n) is 6.10. The maximum absolute atomic E-state index is 13.6. The van der Waals surface area contributed by atoms with Crippen molar-refractivity contribution in [1.29, 1.82) is 0 Å². The second kappa shape index (κ2) is 10.4. The normalized spacial score (nSPS) is 18.5. The van der Waals surface area contributed by atoms with Gasteiger partial charge in [0, 0.05) is 38.9 Å². The van der Waals surface area contributed by atoms with E-state index in [4.69, 9.17) is 4.74 Å². The van der Waals surface area contributed by atoms with Crippen LogP contribution in [0.25, 0.3) is 0 Å². The highest BCUT2D eigenvalue weighted by Gasteiger charge is 2.17. The van der Waals surface area contributed by atoms with Crippen LogP contribution in [0.3, 0.4) is 0 Å². The van der Waals surface area contributed by atoms with E-state index in [-0.39, 0.29) is 30.8 Å². The van der Waals surface area contributed by atoms with Crippen molar-refractivity contribution >= 4 is 16.0 Å². The predicted molar refractivity (Wildman–Crippen MR) is 100.0 cm³/mol. The molecule has 3 N–H and O–H groups in total. The van der Waals surface area contributed by atoms with Crippen molar-refractivity contribution in [2.45, 2.75) is 31.9 Å². The molecule has 1 heterocycles. The summed E-state index contributed by atoms with van der Waals surface area (Å²) in [6.07, 6.45) is 2.94. The summed E-state index contributed by atoms with van der Waals surface area (Å²) in [5.41, 5.74) is 0.511. The Morgan fingerprint density at radius 1 is 1.31 bits per heavy atom. The summed E-state index contributed by atoms with van der Waals surface area (Å²) in [5, 5.41) is 5.88. The summed E-state index contributed by atoms with van der Waals surface area (Å²) < 4.78 is 45.8. The summed E-state index contributed by atoms with van der Waals surface area (Å²) in [4.78, 5) is 4.01. The van der Waals surface area contributed by atoms with Gasteiger partial charge in [0.25, 0.3) is 0 Å². The van der Waals surface area contributed by atoms with Gasteiger partial charge in [-0.05, 0) is 25.3 Å². The zero-order chi connectivity index (χ0) is 18.8. The zero-order valence-electron chi connectivity index (χ0n) is 15.0. The molecule has 26 heavy (non-hydrogen) atoms. The second-order valence-corrected chi connectivity index (χ2v) is 8.03. The molecule has 7 nitrogen and oxygen atoms in total. The minimum atomic E-state index is -3.39. The Bertz CT molecular complexity index is 691. The van der Waals surface area contributed by atoms with Gasteiger partial charge in [0.2, 0.25) is 10.0 Å². The Labute approximate surface area is 154 Å². The SMILES string of the molecule is CN=C(NCCS(=O)(=O)NCC1CCCCO1)NCc1ccccc1F. The smallest absolute Gasteiger partial charge is 0.213 e. The molecule has 1 unspecified atom stereocenters. The summed E-state index contributed by atoms with van der Waals surface area (Å²) in [5.74, 6) is 0.0337. The lowest BCUT2D eigenvalue weighted by Crippen LogP contribution is -2.42. The molecule has 0 saturated carbocycles. The lowest BCUT2D eigenvalue weighted by atomic mass is 10.1. The van der Waals surface area contributed by atoms with Crippen LogP contribution in [0.1, 0.15) is 24.8 Å². The van der Waals surface area contributed by atoms with E-state index in [9.17, 15) is 12.8 Å². The maximum Gasteiger partial charge on any atom is 0.213 e. The first-order valence-corrected chi connectivity index (χ1v) is 10.4. The molecule has 1 saturated heterocycles. The molecule has 0 aromatic heterocycles. The first-order valence-electron chi connectivity index (χ1n) is 8.77. The van der Waals surface area contributed by atoms with Gasteiger partial charge < -0.3 is 15.4 Å². The molecule has 1 fully saturated rings. The topological polar surface area (TPSA) is 91.8 Å². The van der Waals surface area contributed by atoms with E-state index < -0.39 is 10.0 Å². The third-order valence-electron chi connectivity index (χ3n) is 4.10. The van der Waals surface area contributed by atoms with E-state index in [1.807, 2.05) is 0 Å². The molecule has 0 bridgehead atoms. The average Bonchev–Trinajstić information content (AvgIpc) is 2.65. The number of nitrogens with one attached hydrogen (secondary N) is 3. The van der Waals surface area contributed by atoms with E-state index in [2.05, 4.69) is 20.3 Å². The van der Waals surface area contributed by atoms with Gasteiger partial charge in [0.05, 0.1) is 11.9 Å². The number of rotatable bonds is 8. The highest BCUT2D eigenvalue weighted by Crippen LogP contribution is 2.11. The van der Waals surface area contributed by atoms with Gasteiger partial charge in [-0.25, -0.2) is 17.5 Å². The molecule has 0 amide bonds. The molecule has 1 atom stereocenters. The zero-order valence-corrected chi connectivity index (χ0v) is 15.8. The minimum absolute atomic E-state index is 0.0401. The number of halogens is 1. The lowest BCUT2D eigenvalue weighted by molar-refractivity contribution is 0.0200. The van der Waals surface area contributed by atoms with E-state index in [0.717, 1.165) is 19.3 Å². The van der Waals surface area contributed by atoms with E-state index in [1.165, 1.54) is 6.07 Å². The average molecular weight is 386 g/mol. The maximum atomic E-state index is 13.6. The van der Waals surface area contributed by atoms with E-state index >= 15 is 0 Å². The number of guanidine groups is 1.